The molecular formula is C57H65Cl2FN10O10. The third kappa shape index (κ3) is 14.4. The fourth-order valence-corrected chi connectivity index (χ4v) is 9.78. The summed E-state index contributed by atoms with van der Waals surface area (Å²) in [5.41, 5.74) is 2.02. The molecule has 424 valence electrons. The molecule has 0 spiro atoms. The SMILES string of the molecule is CC(C)(C)OC(=O)N1CCN(c2nc(NCCO)nc3c(F)c(-c4cc(O)cc5ccccc45)c(Cl)cc23)CC1.CN(C)COC(C)(C)COc1cc(Cl)cc(NC(=O)NCc2ccc3c(c2)CN(C2CCC(=O)NC2=O)C3=O)c1. The molecule has 20 nitrogen and oxygen atoms in total. The van der Waals surface area contributed by atoms with Crippen LogP contribution < -0.4 is 30.9 Å². The van der Waals surface area contributed by atoms with Crippen LogP contribution in [0.25, 0.3) is 32.8 Å². The minimum atomic E-state index is -0.673. The van der Waals surface area contributed by atoms with E-state index in [4.69, 9.17) is 37.4 Å². The van der Waals surface area contributed by atoms with Crippen LogP contribution in [-0.4, -0.2) is 149 Å². The number of benzene rings is 5. The fourth-order valence-electron chi connectivity index (χ4n) is 9.26. The smallest absolute Gasteiger partial charge is 0.410 e. The zero-order chi connectivity index (χ0) is 57.6. The quantitative estimate of drug-likeness (QED) is 0.0417. The first kappa shape index (κ1) is 58.6. The number of piperazine rings is 1. The Kier molecular flexibility index (Phi) is 18.2. The Morgan fingerprint density at radius 3 is 2.38 bits per heavy atom. The van der Waals surface area contributed by atoms with Gasteiger partial charge in [0.05, 0.1) is 24.0 Å². The molecule has 1 aromatic heterocycles. The Labute approximate surface area is 472 Å². The van der Waals surface area contributed by atoms with Crippen molar-refractivity contribution in [2.45, 2.75) is 77.8 Å². The average molecular weight is 1140 g/mol. The van der Waals surface area contributed by atoms with Crippen molar-refractivity contribution in [3.63, 3.8) is 0 Å². The summed E-state index contributed by atoms with van der Waals surface area (Å²) in [6.07, 6.45) is 0.114. The van der Waals surface area contributed by atoms with Gasteiger partial charge in [-0.3, -0.25) is 24.6 Å². The lowest BCUT2D eigenvalue weighted by Crippen LogP contribution is -2.52. The van der Waals surface area contributed by atoms with Gasteiger partial charge in [0.1, 0.15) is 41.1 Å². The Bertz CT molecular complexity index is 3330. The maximum absolute atomic E-state index is 16.4. The second-order valence-corrected chi connectivity index (χ2v) is 22.3. The topological polar surface area (TPSA) is 240 Å². The third-order valence-electron chi connectivity index (χ3n) is 13.1. The zero-order valence-electron chi connectivity index (χ0n) is 45.5. The Morgan fingerprint density at radius 2 is 1.66 bits per heavy atom. The Hall–Kier alpha value is -7.56. The van der Waals surface area contributed by atoms with Crippen molar-refractivity contribution in [1.82, 2.24) is 35.3 Å². The summed E-state index contributed by atoms with van der Waals surface area (Å²) in [5, 5.41) is 32.9. The highest BCUT2D eigenvalue weighted by Crippen LogP contribution is 2.42. The lowest BCUT2D eigenvalue weighted by atomic mass is 9.96. The number of piperidine rings is 1. The highest BCUT2D eigenvalue weighted by atomic mass is 35.5. The second-order valence-electron chi connectivity index (χ2n) is 21.4. The lowest BCUT2D eigenvalue weighted by Gasteiger charge is -2.36. The molecule has 2 fully saturated rings. The molecule has 3 aliphatic heterocycles. The Morgan fingerprint density at radius 1 is 0.912 bits per heavy atom. The molecular weight excluding hydrogens is 1070 g/mol. The summed E-state index contributed by atoms with van der Waals surface area (Å²) in [4.78, 5) is 77.8. The van der Waals surface area contributed by atoms with Crippen LogP contribution in [0.1, 0.15) is 68.9 Å². The molecule has 5 aromatic carbocycles. The molecule has 0 aliphatic carbocycles. The van der Waals surface area contributed by atoms with Gasteiger partial charge in [-0.15, -0.1) is 0 Å². The summed E-state index contributed by atoms with van der Waals surface area (Å²) in [5.74, 6) is -0.579. The number of anilines is 3. The second kappa shape index (κ2) is 24.8. The number of aliphatic hydroxyl groups excluding tert-OH is 1. The van der Waals surface area contributed by atoms with Gasteiger partial charge < -0.3 is 55.1 Å². The van der Waals surface area contributed by atoms with Gasteiger partial charge in [0.2, 0.25) is 17.8 Å². The molecule has 6 aromatic rings. The monoisotopic (exact) mass is 1140 g/mol. The molecule has 1 unspecified atom stereocenters. The molecule has 0 radical (unpaired) electrons. The van der Waals surface area contributed by atoms with Gasteiger partial charge in [0, 0.05) is 85.5 Å². The molecule has 9 rings (SSSR count). The number of hydrogen-bond acceptors (Lipinski definition) is 15. The van der Waals surface area contributed by atoms with Crippen LogP contribution in [0.5, 0.6) is 11.5 Å². The number of urea groups is 1. The first-order valence-corrected chi connectivity index (χ1v) is 26.7. The van der Waals surface area contributed by atoms with Gasteiger partial charge >= 0.3 is 12.1 Å². The predicted molar refractivity (Wildman–Crippen MR) is 304 cm³/mol. The number of rotatable bonds is 15. The van der Waals surface area contributed by atoms with Crippen molar-refractivity contribution in [1.29, 1.82) is 0 Å². The highest BCUT2D eigenvalue weighted by molar-refractivity contribution is 6.35. The van der Waals surface area contributed by atoms with E-state index in [-0.39, 0.29) is 85.0 Å². The van der Waals surface area contributed by atoms with E-state index in [1.807, 2.05) is 88.8 Å². The van der Waals surface area contributed by atoms with E-state index in [1.54, 1.807) is 47.4 Å². The predicted octanol–water partition coefficient (Wildman–Crippen LogP) is 8.53. The third-order valence-corrected chi connectivity index (χ3v) is 13.6. The number of hydrogen-bond donors (Lipinski definition) is 6. The molecule has 2 saturated heterocycles. The van der Waals surface area contributed by atoms with Gasteiger partial charge in [-0.05, 0) is 119 Å². The van der Waals surface area contributed by atoms with Crippen molar-refractivity contribution in [2.75, 3.05) is 82.3 Å². The van der Waals surface area contributed by atoms with Crippen LogP contribution >= 0.6 is 23.2 Å². The number of nitrogens with zero attached hydrogens (tertiary/aromatic N) is 6. The molecule has 3 aliphatic rings. The first-order valence-electron chi connectivity index (χ1n) is 26.0. The number of aromatic hydroxyl groups is 1. The van der Waals surface area contributed by atoms with Crippen molar-refractivity contribution < 1.29 is 52.8 Å². The highest BCUT2D eigenvalue weighted by Gasteiger charge is 2.39. The molecule has 6 amide bonds. The largest absolute Gasteiger partial charge is 0.508 e. The molecule has 0 bridgehead atoms. The van der Waals surface area contributed by atoms with E-state index in [0.717, 1.165) is 21.9 Å². The van der Waals surface area contributed by atoms with Crippen LogP contribution in [0.2, 0.25) is 10.0 Å². The van der Waals surface area contributed by atoms with Gasteiger partial charge in [0.25, 0.3) is 5.91 Å². The molecule has 4 heterocycles. The Balaban J connectivity index is 0.000000210. The van der Waals surface area contributed by atoms with E-state index in [9.17, 15) is 34.2 Å². The van der Waals surface area contributed by atoms with Crippen LogP contribution in [0.4, 0.5) is 31.4 Å². The molecule has 80 heavy (non-hydrogen) atoms. The standard InChI is InChI=1S/C29H31ClFN5O4.C28H34ClN5O6/c1-29(2,3)40-28(39)36-11-9-35(10-12-36)26-21-16-22(30)23(24(31)25(21)33-27(34-26)32-8-13-37)20-15-18(38)14-17-6-4-5-7-19(17)20;1-28(2,40-16-33(3)4)15-39-21-11-19(29)10-20(12-21)31-27(38)30-13-17-5-6-22-18(9-17)14-34(26(22)37)23-7-8-24(35)32-25(23)36/h4-7,14-16,37-38H,8-13H2,1-3H3,(H,32,33,34);5-6,9-12,23H,7-8,13-16H2,1-4H3,(H2,30,31,38)(H,32,35,36). The van der Waals surface area contributed by atoms with E-state index < -0.39 is 35.0 Å². The molecule has 0 saturated carbocycles. The average Bonchev–Trinajstić information content (AvgIpc) is 3.82. The lowest BCUT2D eigenvalue weighted by molar-refractivity contribution is -0.136. The van der Waals surface area contributed by atoms with Crippen LogP contribution in [0, 0.1) is 5.82 Å². The fraction of sp³-hybridized carbons (Fsp3) is 0.386. The number of nitrogens with one attached hydrogen (secondary N) is 4. The van der Waals surface area contributed by atoms with Crippen LogP contribution in [0.15, 0.2) is 78.9 Å². The van der Waals surface area contributed by atoms with Crippen molar-refractivity contribution in [3.8, 4) is 22.6 Å². The van der Waals surface area contributed by atoms with E-state index >= 15 is 4.39 Å². The van der Waals surface area contributed by atoms with Crippen LogP contribution in [-0.2, 0) is 32.2 Å². The number of carbonyl (C=O) groups excluding carboxylic acids is 5. The molecule has 23 heteroatoms. The normalized spacial score (nSPS) is 15.6. The minimum absolute atomic E-state index is 0.0131. The van der Waals surface area contributed by atoms with Crippen molar-refractivity contribution in [2.24, 2.45) is 0 Å². The van der Waals surface area contributed by atoms with E-state index in [0.29, 0.717) is 78.1 Å². The summed E-state index contributed by atoms with van der Waals surface area (Å²) in [7, 11) is 3.83. The maximum Gasteiger partial charge on any atom is 0.410 e. The number of phenols is 1. The summed E-state index contributed by atoms with van der Waals surface area (Å²) in [6, 6.07) is 21.2. The molecule has 1 atom stereocenters. The number of amides is 6. The summed E-state index contributed by atoms with van der Waals surface area (Å²) >= 11 is 13.0. The van der Waals surface area contributed by atoms with E-state index in [2.05, 4.69) is 31.2 Å². The van der Waals surface area contributed by atoms with Gasteiger partial charge in [-0.2, -0.15) is 4.98 Å². The van der Waals surface area contributed by atoms with Gasteiger partial charge in [-0.25, -0.2) is 19.0 Å². The number of phenolic OH excluding ortho intramolecular Hbond substituents is 1. The van der Waals surface area contributed by atoms with Crippen LogP contribution in [0.3, 0.4) is 0 Å². The zero-order valence-corrected chi connectivity index (χ0v) is 47.1. The number of aliphatic hydroxyl groups is 1. The van der Waals surface area contributed by atoms with Crippen molar-refractivity contribution in [3.05, 3.63) is 111 Å². The first-order chi connectivity index (χ1) is 37.9. The number of fused-ring (bicyclic) bond motifs is 3. The number of imide groups is 1. The number of ether oxygens (including phenoxy) is 3. The number of carbonyl (C=O) groups is 5. The van der Waals surface area contributed by atoms with Gasteiger partial charge in [0.15, 0.2) is 5.82 Å². The van der Waals surface area contributed by atoms with E-state index in [1.165, 1.54) is 11.0 Å². The van der Waals surface area contributed by atoms with Crippen molar-refractivity contribution >= 4 is 92.2 Å². The minimum Gasteiger partial charge on any atom is -0.508 e. The number of aromatic nitrogens is 2. The number of halogens is 3. The maximum atomic E-state index is 16.4. The van der Waals surface area contributed by atoms with Gasteiger partial charge in [-0.1, -0.05) is 59.6 Å². The molecule has 6 N–H and O–H groups in total. The summed E-state index contributed by atoms with van der Waals surface area (Å²) < 4.78 is 33.6. The summed E-state index contributed by atoms with van der Waals surface area (Å²) in [6.45, 7) is 12.2.